The van der Waals surface area contributed by atoms with Crippen LogP contribution >= 0.6 is 0 Å². The number of rotatable bonds is 10. The highest BCUT2D eigenvalue weighted by atomic mass is 16.1. The Balaban J connectivity index is 3.45. The first-order valence-electron chi connectivity index (χ1n) is 6.13. The van der Waals surface area contributed by atoms with E-state index in [1.807, 2.05) is 0 Å². The largest absolute Gasteiger partial charge is 0.300 e. The molecule has 0 saturated carbocycles. The number of Topliss-reactive ketones (excluding diaryl/α,β-unsaturated/α-hetero) is 3. The molecule has 0 aliphatic rings. The van der Waals surface area contributed by atoms with Crippen LogP contribution in [0.2, 0.25) is 0 Å². The molecule has 0 saturated heterocycles. The molecule has 0 aliphatic carbocycles. The number of carbonyl (C=O) groups excluding carboxylic acids is 3. The van der Waals surface area contributed by atoms with E-state index >= 15 is 0 Å². The van der Waals surface area contributed by atoms with Gasteiger partial charge in [0.05, 0.1) is 0 Å². The quantitative estimate of drug-likeness (QED) is 0.434. The normalized spacial score (nSPS) is 10.0. The third kappa shape index (κ3) is 9.67. The molecule has 0 radical (unpaired) electrons. The predicted molar refractivity (Wildman–Crippen MR) is 67.8 cm³/mol. The molecule has 0 fully saturated rings. The first-order chi connectivity index (χ1) is 7.93. The van der Waals surface area contributed by atoms with Gasteiger partial charge in [0.15, 0.2) is 5.78 Å². The predicted octanol–water partition coefficient (Wildman–Crippen LogP) is 3.02. The van der Waals surface area contributed by atoms with Crippen molar-refractivity contribution in [2.45, 2.75) is 58.8 Å². The Labute approximate surface area is 103 Å². The Morgan fingerprint density at radius 1 is 0.824 bits per heavy atom. The van der Waals surface area contributed by atoms with Crippen molar-refractivity contribution in [2.24, 2.45) is 0 Å². The van der Waals surface area contributed by atoms with Crippen LogP contribution in [0, 0.1) is 0 Å². The molecule has 3 nitrogen and oxygen atoms in total. The molecule has 0 aromatic heterocycles. The topological polar surface area (TPSA) is 51.2 Å². The number of hydrogen-bond donors (Lipinski definition) is 0. The zero-order chi connectivity index (χ0) is 13.3. The van der Waals surface area contributed by atoms with Gasteiger partial charge in [-0.25, -0.2) is 0 Å². The minimum absolute atomic E-state index is 0.0606. The van der Waals surface area contributed by atoms with Crippen molar-refractivity contribution in [2.75, 3.05) is 0 Å². The maximum atomic E-state index is 11.3. The van der Waals surface area contributed by atoms with Gasteiger partial charge in [0.25, 0.3) is 0 Å². The van der Waals surface area contributed by atoms with Crippen molar-refractivity contribution >= 4 is 17.3 Å². The van der Waals surface area contributed by atoms with Gasteiger partial charge in [0, 0.05) is 25.7 Å². The number of carbonyl (C=O) groups is 3. The molecule has 0 aliphatic heterocycles. The summed E-state index contributed by atoms with van der Waals surface area (Å²) in [5, 5.41) is 0. The molecule has 0 rings (SSSR count). The van der Waals surface area contributed by atoms with Gasteiger partial charge in [0.2, 0.25) is 0 Å². The Morgan fingerprint density at radius 3 is 1.94 bits per heavy atom. The lowest BCUT2D eigenvalue weighted by atomic mass is 10.0. The van der Waals surface area contributed by atoms with Crippen LogP contribution in [0.4, 0.5) is 0 Å². The van der Waals surface area contributed by atoms with Crippen molar-refractivity contribution in [3.8, 4) is 0 Å². The molecule has 0 spiro atoms. The van der Waals surface area contributed by atoms with E-state index in [-0.39, 0.29) is 17.3 Å². The second-order valence-corrected chi connectivity index (χ2v) is 4.50. The van der Waals surface area contributed by atoms with Crippen LogP contribution in [0.1, 0.15) is 58.8 Å². The molecule has 0 unspecified atom stereocenters. The van der Waals surface area contributed by atoms with Crippen molar-refractivity contribution in [1.82, 2.24) is 0 Å². The Kier molecular flexibility index (Phi) is 8.20. The molecule has 0 amide bonds. The lowest BCUT2D eigenvalue weighted by Crippen LogP contribution is -2.02. The highest BCUT2D eigenvalue weighted by Crippen LogP contribution is 2.08. The van der Waals surface area contributed by atoms with E-state index in [1.54, 1.807) is 6.92 Å². The van der Waals surface area contributed by atoms with E-state index in [9.17, 15) is 14.4 Å². The Morgan fingerprint density at radius 2 is 1.41 bits per heavy atom. The monoisotopic (exact) mass is 238 g/mol. The van der Waals surface area contributed by atoms with E-state index in [0.29, 0.717) is 31.3 Å². The van der Waals surface area contributed by atoms with Gasteiger partial charge in [0.1, 0.15) is 11.6 Å². The lowest BCUT2D eigenvalue weighted by Gasteiger charge is -2.01. The fourth-order valence-corrected chi connectivity index (χ4v) is 1.44. The van der Waals surface area contributed by atoms with Crippen LogP contribution in [-0.2, 0) is 14.4 Å². The fraction of sp³-hybridized carbons (Fsp3) is 0.643. The Bertz CT molecular complexity index is 303. The molecular formula is C14H22O3. The molecule has 3 heteroatoms. The molecule has 0 atom stereocenters. The third-order valence-corrected chi connectivity index (χ3v) is 2.59. The zero-order valence-electron chi connectivity index (χ0n) is 10.9. The van der Waals surface area contributed by atoms with Crippen molar-refractivity contribution < 1.29 is 14.4 Å². The summed E-state index contributed by atoms with van der Waals surface area (Å²) in [6, 6.07) is 0. The lowest BCUT2D eigenvalue weighted by molar-refractivity contribution is -0.123. The van der Waals surface area contributed by atoms with Gasteiger partial charge in [-0.15, -0.1) is 0 Å². The minimum Gasteiger partial charge on any atom is -0.300 e. The highest BCUT2D eigenvalue weighted by Gasteiger charge is 2.05. The van der Waals surface area contributed by atoms with Gasteiger partial charge in [-0.2, -0.15) is 0 Å². The number of hydrogen-bond acceptors (Lipinski definition) is 3. The summed E-state index contributed by atoms with van der Waals surface area (Å²) in [7, 11) is 0. The molecule has 0 N–H and O–H groups in total. The van der Waals surface area contributed by atoms with E-state index in [0.717, 1.165) is 19.3 Å². The van der Waals surface area contributed by atoms with Gasteiger partial charge >= 0.3 is 0 Å². The van der Waals surface area contributed by atoms with E-state index in [1.165, 1.54) is 6.92 Å². The average molecular weight is 238 g/mol. The molecule has 96 valence electrons. The molecule has 0 aromatic rings. The molecule has 0 aromatic carbocycles. The van der Waals surface area contributed by atoms with Crippen LogP contribution in [0.3, 0.4) is 0 Å². The Hall–Kier alpha value is -1.25. The van der Waals surface area contributed by atoms with Crippen molar-refractivity contribution in [3.05, 3.63) is 12.2 Å². The first-order valence-corrected chi connectivity index (χ1v) is 6.13. The SMILES string of the molecule is C=C(C)C(=O)CCCCCC(=O)CCC(C)=O. The zero-order valence-corrected chi connectivity index (χ0v) is 10.9. The smallest absolute Gasteiger partial charge is 0.157 e. The van der Waals surface area contributed by atoms with Crippen LogP contribution in [0.25, 0.3) is 0 Å². The summed E-state index contributed by atoms with van der Waals surface area (Å²) in [4.78, 5) is 33.2. The second-order valence-electron chi connectivity index (χ2n) is 4.50. The van der Waals surface area contributed by atoms with Gasteiger partial charge in [-0.05, 0) is 32.3 Å². The maximum Gasteiger partial charge on any atom is 0.157 e. The summed E-state index contributed by atoms with van der Waals surface area (Å²) in [6.07, 6.45) is 4.26. The summed E-state index contributed by atoms with van der Waals surface area (Å²) >= 11 is 0. The van der Waals surface area contributed by atoms with Crippen LogP contribution in [0.5, 0.6) is 0 Å². The summed E-state index contributed by atoms with van der Waals surface area (Å²) < 4.78 is 0. The highest BCUT2D eigenvalue weighted by molar-refractivity contribution is 5.94. The first kappa shape index (κ1) is 15.8. The molecule has 17 heavy (non-hydrogen) atoms. The van der Waals surface area contributed by atoms with E-state index in [2.05, 4.69) is 6.58 Å². The molecule has 0 bridgehead atoms. The summed E-state index contributed by atoms with van der Waals surface area (Å²) in [6.45, 7) is 6.80. The van der Waals surface area contributed by atoms with Gasteiger partial charge in [-0.3, -0.25) is 9.59 Å². The second kappa shape index (κ2) is 8.85. The number of ketones is 3. The molecular weight excluding hydrogens is 216 g/mol. The average Bonchev–Trinajstić information content (AvgIpc) is 2.25. The standard InChI is InChI=1S/C14H22O3/c1-11(2)14(17)8-6-4-5-7-13(16)10-9-12(3)15/h1,4-10H2,2-3H3. The fourth-order valence-electron chi connectivity index (χ4n) is 1.44. The van der Waals surface area contributed by atoms with Crippen molar-refractivity contribution in [3.63, 3.8) is 0 Å². The summed E-state index contributed by atoms with van der Waals surface area (Å²) in [5.41, 5.74) is 0.600. The summed E-state index contributed by atoms with van der Waals surface area (Å²) in [5.74, 6) is 0.310. The van der Waals surface area contributed by atoms with Crippen LogP contribution in [0.15, 0.2) is 12.2 Å². The molecule has 0 heterocycles. The van der Waals surface area contributed by atoms with E-state index < -0.39 is 0 Å². The minimum atomic E-state index is 0.0606. The van der Waals surface area contributed by atoms with Crippen molar-refractivity contribution in [1.29, 1.82) is 0 Å². The number of allylic oxidation sites excluding steroid dienone is 1. The van der Waals surface area contributed by atoms with Crippen LogP contribution < -0.4 is 0 Å². The van der Waals surface area contributed by atoms with Crippen LogP contribution in [-0.4, -0.2) is 17.3 Å². The van der Waals surface area contributed by atoms with Gasteiger partial charge in [-0.1, -0.05) is 13.0 Å². The maximum absolute atomic E-state index is 11.3. The third-order valence-electron chi connectivity index (χ3n) is 2.59. The number of unbranched alkanes of at least 4 members (excludes halogenated alkanes) is 2. The van der Waals surface area contributed by atoms with Gasteiger partial charge < -0.3 is 4.79 Å². The van der Waals surface area contributed by atoms with E-state index in [4.69, 9.17) is 0 Å².